The van der Waals surface area contributed by atoms with Gasteiger partial charge in [0.2, 0.25) is 17.7 Å². The number of nitrogens with zero attached hydrogens (tertiary/aromatic N) is 5. The van der Waals surface area contributed by atoms with Gasteiger partial charge >= 0.3 is 0 Å². The highest BCUT2D eigenvalue weighted by Gasteiger charge is 2.39. The number of aromatic nitrogens is 1. The number of imide groups is 1. The highest BCUT2D eigenvalue weighted by molar-refractivity contribution is 6.37. The highest BCUT2D eigenvalue weighted by atomic mass is 35.5. The number of pyridine rings is 1. The van der Waals surface area contributed by atoms with Crippen LogP contribution in [0, 0.1) is 11.3 Å². The number of anilines is 3. The molecule has 1 atom stereocenters. The highest BCUT2D eigenvalue weighted by Crippen LogP contribution is 2.41. The van der Waals surface area contributed by atoms with Gasteiger partial charge in [-0.3, -0.25) is 34.4 Å². The predicted molar refractivity (Wildman–Crippen MR) is 232 cm³/mol. The zero-order valence-electron chi connectivity index (χ0n) is 34.2. The number of ether oxygens (including phenoxy) is 3. The van der Waals surface area contributed by atoms with Gasteiger partial charge in [-0.05, 0) is 49.9 Å². The summed E-state index contributed by atoms with van der Waals surface area (Å²) in [7, 11) is 3.07. The second kappa shape index (κ2) is 19.7. The molecule has 17 heteroatoms. The van der Waals surface area contributed by atoms with Crippen molar-refractivity contribution in [3.63, 3.8) is 0 Å². The number of methoxy groups -OCH3 is 2. The van der Waals surface area contributed by atoms with Crippen molar-refractivity contribution in [2.45, 2.75) is 57.5 Å². The van der Waals surface area contributed by atoms with Gasteiger partial charge in [-0.25, -0.2) is 0 Å². The number of carbonyl (C=O) groups excluding carboxylic acids is 4. The van der Waals surface area contributed by atoms with Crippen molar-refractivity contribution in [1.82, 2.24) is 25.0 Å². The molecule has 2 saturated heterocycles. The third-order valence-electron chi connectivity index (χ3n) is 11.3. The molecule has 7 rings (SSSR count). The van der Waals surface area contributed by atoms with Crippen molar-refractivity contribution in [3.8, 4) is 23.3 Å². The number of amides is 4. The van der Waals surface area contributed by atoms with E-state index in [9.17, 15) is 24.4 Å². The summed E-state index contributed by atoms with van der Waals surface area (Å²) in [5, 5.41) is 20.3. The van der Waals surface area contributed by atoms with Gasteiger partial charge in [0, 0.05) is 99.2 Å². The number of nitriles is 1. The van der Waals surface area contributed by atoms with E-state index in [0.29, 0.717) is 106 Å². The lowest BCUT2D eigenvalue weighted by Gasteiger charge is -2.34. The van der Waals surface area contributed by atoms with E-state index in [1.165, 1.54) is 13.3 Å². The molecule has 1 aromatic heterocycles. The molecule has 0 radical (unpaired) electrons. The van der Waals surface area contributed by atoms with Crippen molar-refractivity contribution < 1.29 is 33.4 Å². The molecule has 61 heavy (non-hydrogen) atoms. The van der Waals surface area contributed by atoms with Gasteiger partial charge in [-0.15, -0.1) is 0 Å². The van der Waals surface area contributed by atoms with E-state index >= 15 is 0 Å². The average molecular weight is 872 g/mol. The van der Waals surface area contributed by atoms with Crippen LogP contribution in [0.1, 0.15) is 66.4 Å². The molecule has 4 heterocycles. The lowest BCUT2D eigenvalue weighted by atomic mass is 10.0. The zero-order valence-corrected chi connectivity index (χ0v) is 35.7. The van der Waals surface area contributed by atoms with Crippen LogP contribution in [0.5, 0.6) is 17.2 Å². The standard InChI is InChI=1S/C44H48Cl2N8O7/c1-59-37-23-35(31(45)21-32(37)46)50-42-27(24-47)25-49-34-22-39(38(60-2)20-29(34)42)61-19-7-14-52-15-17-53(18-16-52)41(56)10-4-3-5-13-48-33-9-6-8-28-30(33)26-54(44(28)58)36-11-12-40(55)51-43(36)57/h6,8-9,20-23,25,36,48H,3-5,7,10-19,26H2,1-2H3,(H,49,50)(H,51,55,57). The molecule has 2 fully saturated rings. The Labute approximate surface area is 364 Å². The normalized spacial score (nSPS) is 16.6. The fourth-order valence-electron chi connectivity index (χ4n) is 8.01. The number of piperazine rings is 1. The molecule has 0 spiro atoms. The van der Waals surface area contributed by atoms with E-state index in [2.05, 4.69) is 31.9 Å². The third kappa shape index (κ3) is 9.88. The Morgan fingerprint density at radius 1 is 0.951 bits per heavy atom. The second-order valence-electron chi connectivity index (χ2n) is 15.2. The van der Waals surface area contributed by atoms with Crippen LogP contribution in [0.15, 0.2) is 48.7 Å². The number of carbonyl (C=O) groups is 4. The lowest BCUT2D eigenvalue weighted by molar-refractivity contribution is -0.137. The summed E-state index contributed by atoms with van der Waals surface area (Å²) in [6, 6.07) is 13.9. The topological polar surface area (TPSA) is 178 Å². The molecule has 4 aromatic rings. The second-order valence-corrected chi connectivity index (χ2v) is 16.0. The maximum Gasteiger partial charge on any atom is 0.255 e. The number of rotatable bonds is 17. The molecular weight excluding hydrogens is 823 g/mol. The van der Waals surface area contributed by atoms with Crippen LogP contribution < -0.4 is 30.2 Å². The van der Waals surface area contributed by atoms with Crippen molar-refractivity contribution in [2.24, 2.45) is 0 Å². The van der Waals surface area contributed by atoms with Crippen LogP contribution in [-0.4, -0.2) is 109 Å². The SMILES string of the molecule is COc1cc(Nc2c(C#N)cnc3cc(OCCCN4CCN(C(=O)CCCCCNc5cccc6c5CN(C5CCC(=O)NC5=O)C6=O)CC4)c(OC)cc23)c(Cl)cc1Cl. The number of halogens is 2. The molecule has 1 unspecified atom stereocenters. The minimum Gasteiger partial charge on any atom is -0.495 e. The Kier molecular flexibility index (Phi) is 14.0. The first-order valence-corrected chi connectivity index (χ1v) is 21.2. The van der Waals surface area contributed by atoms with Crippen LogP contribution >= 0.6 is 23.2 Å². The Morgan fingerprint density at radius 3 is 2.51 bits per heavy atom. The van der Waals surface area contributed by atoms with E-state index in [4.69, 9.17) is 37.4 Å². The van der Waals surface area contributed by atoms with Crippen LogP contribution in [0.2, 0.25) is 10.0 Å². The maximum atomic E-state index is 13.1. The van der Waals surface area contributed by atoms with Gasteiger partial charge in [-0.2, -0.15) is 5.26 Å². The Balaban J connectivity index is 0.816. The minimum absolute atomic E-state index is 0.178. The van der Waals surface area contributed by atoms with Gasteiger partial charge in [0.05, 0.1) is 53.3 Å². The summed E-state index contributed by atoms with van der Waals surface area (Å²) in [6.07, 6.45) is 5.88. The monoisotopic (exact) mass is 870 g/mol. The van der Waals surface area contributed by atoms with E-state index in [1.54, 1.807) is 42.3 Å². The Morgan fingerprint density at radius 2 is 1.75 bits per heavy atom. The van der Waals surface area contributed by atoms with Crippen molar-refractivity contribution in [2.75, 3.05) is 70.7 Å². The number of nitrogens with one attached hydrogen (secondary N) is 3. The first-order chi connectivity index (χ1) is 29.6. The molecule has 3 aliphatic heterocycles. The molecule has 15 nitrogen and oxygen atoms in total. The summed E-state index contributed by atoms with van der Waals surface area (Å²) in [5.41, 5.74) is 4.25. The van der Waals surface area contributed by atoms with Gasteiger partial charge in [-0.1, -0.05) is 35.7 Å². The number of piperidine rings is 1. The largest absolute Gasteiger partial charge is 0.495 e. The lowest BCUT2D eigenvalue weighted by Crippen LogP contribution is -2.52. The summed E-state index contributed by atoms with van der Waals surface area (Å²) in [4.78, 5) is 60.5. The average Bonchev–Trinajstić information content (AvgIpc) is 3.60. The Bertz CT molecular complexity index is 2360. The number of fused-ring (bicyclic) bond motifs is 2. The molecular formula is C44H48Cl2N8O7. The van der Waals surface area contributed by atoms with E-state index in [-0.39, 0.29) is 24.1 Å². The summed E-state index contributed by atoms with van der Waals surface area (Å²) < 4.78 is 17.2. The first-order valence-electron chi connectivity index (χ1n) is 20.4. The summed E-state index contributed by atoms with van der Waals surface area (Å²) in [6.45, 7) is 5.26. The Hall–Kier alpha value is -5.82. The third-order valence-corrected chi connectivity index (χ3v) is 11.9. The number of hydrogen-bond acceptors (Lipinski definition) is 12. The fraction of sp³-hybridized carbons (Fsp3) is 0.409. The summed E-state index contributed by atoms with van der Waals surface area (Å²) in [5.74, 6) is 0.723. The van der Waals surface area contributed by atoms with Gasteiger partial charge in [0.1, 0.15) is 17.9 Å². The van der Waals surface area contributed by atoms with Crippen LogP contribution in [0.25, 0.3) is 10.9 Å². The van der Waals surface area contributed by atoms with Crippen molar-refractivity contribution in [1.29, 1.82) is 5.26 Å². The zero-order chi connectivity index (χ0) is 43.0. The first kappa shape index (κ1) is 43.3. The molecule has 0 saturated carbocycles. The van der Waals surface area contributed by atoms with E-state index < -0.39 is 11.9 Å². The van der Waals surface area contributed by atoms with Crippen LogP contribution in [-0.2, 0) is 20.9 Å². The minimum atomic E-state index is -0.645. The fourth-order valence-corrected chi connectivity index (χ4v) is 8.52. The summed E-state index contributed by atoms with van der Waals surface area (Å²) >= 11 is 12.7. The van der Waals surface area contributed by atoms with Gasteiger partial charge in [0.25, 0.3) is 5.91 Å². The quantitative estimate of drug-likeness (QED) is 0.0775. The number of unbranched alkanes of at least 4 members (excludes halogenated alkanes) is 2. The molecule has 3 aliphatic rings. The number of benzene rings is 3. The molecule has 4 amide bonds. The van der Waals surface area contributed by atoms with Gasteiger partial charge in [0.15, 0.2) is 11.5 Å². The predicted octanol–water partition coefficient (Wildman–Crippen LogP) is 6.52. The van der Waals surface area contributed by atoms with Crippen LogP contribution in [0.4, 0.5) is 17.1 Å². The molecule has 0 aliphatic carbocycles. The van der Waals surface area contributed by atoms with Gasteiger partial charge < -0.3 is 34.6 Å². The van der Waals surface area contributed by atoms with Crippen LogP contribution in [0.3, 0.4) is 0 Å². The molecule has 0 bridgehead atoms. The molecule has 3 N–H and O–H groups in total. The number of hydrogen-bond donors (Lipinski definition) is 3. The van der Waals surface area contributed by atoms with Crippen molar-refractivity contribution in [3.05, 3.63) is 75.4 Å². The van der Waals surface area contributed by atoms with E-state index in [1.807, 2.05) is 17.0 Å². The maximum absolute atomic E-state index is 13.1. The van der Waals surface area contributed by atoms with Crippen molar-refractivity contribution >= 4 is 74.8 Å². The molecule has 320 valence electrons. The smallest absolute Gasteiger partial charge is 0.255 e. The van der Waals surface area contributed by atoms with E-state index in [0.717, 1.165) is 56.6 Å². The molecule has 3 aromatic carbocycles.